The Bertz CT molecular complexity index is 527. The predicted octanol–water partition coefficient (Wildman–Crippen LogP) is 3.02. The summed E-state index contributed by atoms with van der Waals surface area (Å²) in [7, 11) is 0. The highest BCUT2D eigenvalue weighted by atomic mass is 19.1. The fourth-order valence-corrected chi connectivity index (χ4v) is 2.87. The molecule has 0 aromatic heterocycles. The van der Waals surface area contributed by atoms with E-state index in [9.17, 15) is 14.0 Å². The molecule has 2 amide bonds. The van der Waals surface area contributed by atoms with E-state index >= 15 is 0 Å². The summed E-state index contributed by atoms with van der Waals surface area (Å²) in [5, 5.41) is 3.03. The number of hydrogen-bond donors (Lipinski definition) is 1. The number of amides is 2. The van der Waals surface area contributed by atoms with Gasteiger partial charge in [-0.15, -0.1) is 0 Å². The highest BCUT2D eigenvalue weighted by Gasteiger charge is 2.18. The number of hydrogen-bond acceptors (Lipinski definition) is 2. The van der Waals surface area contributed by atoms with Crippen LogP contribution in [-0.2, 0) is 9.59 Å². The molecule has 0 bridgehead atoms. The molecule has 0 radical (unpaired) electrons. The highest BCUT2D eigenvalue weighted by Crippen LogP contribution is 2.18. The molecular weight excluding hydrogens is 283 g/mol. The lowest BCUT2D eigenvalue weighted by molar-refractivity contribution is -0.121. The van der Waals surface area contributed by atoms with Gasteiger partial charge in [0.15, 0.2) is 0 Å². The van der Waals surface area contributed by atoms with Crippen LogP contribution < -0.4 is 10.2 Å². The summed E-state index contributed by atoms with van der Waals surface area (Å²) in [4.78, 5) is 25.2. The largest absolute Gasteiger partial charge is 0.353 e. The van der Waals surface area contributed by atoms with Crippen LogP contribution in [0.1, 0.15) is 45.4 Å². The first-order valence-electron chi connectivity index (χ1n) is 7.89. The molecule has 1 N–H and O–H groups in total. The zero-order valence-electron chi connectivity index (χ0n) is 13.0. The van der Waals surface area contributed by atoms with Gasteiger partial charge in [0.1, 0.15) is 5.82 Å². The average Bonchev–Trinajstić information content (AvgIpc) is 2.48. The molecule has 5 heteroatoms. The Balaban J connectivity index is 1.88. The third-order valence-corrected chi connectivity index (χ3v) is 4.03. The van der Waals surface area contributed by atoms with Gasteiger partial charge >= 0.3 is 0 Å². The molecule has 0 unspecified atom stereocenters. The van der Waals surface area contributed by atoms with Crippen LogP contribution >= 0.6 is 0 Å². The van der Waals surface area contributed by atoms with Gasteiger partial charge in [-0.05, 0) is 31.0 Å². The molecule has 1 aromatic rings. The van der Waals surface area contributed by atoms with Gasteiger partial charge in [-0.25, -0.2) is 4.39 Å². The number of nitrogens with one attached hydrogen (secondary N) is 1. The lowest BCUT2D eigenvalue weighted by Crippen LogP contribution is -2.39. The molecule has 1 aliphatic rings. The van der Waals surface area contributed by atoms with Gasteiger partial charge in [0.25, 0.3) is 0 Å². The Kier molecular flexibility index (Phi) is 5.92. The van der Waals surface area contributed by atoms with Gasteiger partial charge in [-0.3, -0.25) is 9.59 Å². The summed E-state index contributed by atoms with van der Waals surface area (Å²) >= 11 is 0. The van der Waals surface area contributed by atoms with Crippen LogP contribution in [0.15, 0.2) is 24.3 Å². The smallest absolute Gasteiger partial charge is 0.223 e. The van der Waals surface area contributed by atoms with Crippen LogP contribution in [-0.4, -0.2) is 24.4 Å². The number of carbonyl (C=O) groups excluding carboxylic acids is 2. The normalized spacial score (nSPS) is 15.4. The molecule has 0 heterocycles. The standard InChI is InChI=1S/C17H23FN2O2/c1-13(21)20(16-9-5-6-14(18)12-16)11-10-17(22)19-15-7-3-2-4-8-15/h5-6,9,12,15H,2-4,7-8,10-11H2,1H3,(H,19,22). The van der Waals surface area contributed by atoms with E-state index in [2.05, 4.69) is 5.32 Å². The van der Waals surface area contributed by atoms with E-state index in [-0.39, 0.29) is 30.8 Å². The van der Waals surface area contributed by atoms with Gasteiger partial charge in [-0.2, -0.15) is 0 Å². The molecule has 0 saturated heterocycles. The summed E-state index contributed by atoms with van der Waals surface area (Å²) in [5.74, 6) is -0.638. The number of anilines is 1. The SMILES string of the molecule is CC(=O)N(CCC(=O)NC1CCCCC1)c1cccc(F)c1. The van der Waals surface area contributed by atoms with Crippen LogP contribution in [0.5, 0.6) is 0 Å². The average molecular weight is 306 g/mol. The van der Waals surface area contributed by atoms with Gasteiger partial charge in [0.2, 0.25) is 11.8 Å². The molecule has 120 valence electrons. The van der Waals surface area contributed by atoms with Crippen molar-refractivity contribution in [2.24, 2.45) is 0 Å². The number of carbonyl (C=O) groups is 2. The van der Waals surface area contributed by atoms with Crippen LogP contribution in [0.25, 0.3) is 0 Å². The third-order valence-electron chi connectivity index (χ3n) is 4.03. The number of benzene rings is 1. The zero-order valence-corrected chi connectivity index (χ0v) is 13.0. The highest BCUT2D eigenvalue weighted by molar-refractivity contribution is 5.92. The van der Waals surface area contributed by atoms with Crippen molar-refractivity contribution in [2.45, 2.75) is 51.5 Å². The first kappa shape index (κ1) is 16.5. The molecule has 2 rings (SSSR count). The van der Waals surface area contributed by atoms with E-state index in [1.807, 2.05) is 0 Å². The first-order valence-corrected chi connectivity index (χ1v) is 7.89. The number of rotatable bonds is 5. The van der Waals surface area contributed by atoms with Crippen molar-refractivity contribution < 1.29 is 14.0 Å². The van der Waals surface area contributed by atoms with Gasteiger partial charge in [0, 0.05) is 31.6 Å². The summed E-state index contributed by atoms with van der Waals surface area (Å²) in [6.07, 6.45) is 5.86. The fourth-order valence-electron chi connectivity index (χ4n) is 2.87. The summed E-state index contributed by atoms with van der Waals surface area (Å²) in [6, 6.07) is 6.13. The molecule has 0 atom stereocenters. The summed E-state index contributed by atoms with van der Waals surface area (Å²) < 4.78 is 13.3. The van der Waals surface area contributed by atoms with Crippen LogP contribution in [0.4, 0.5) is 10.1 Å². The van der Waals surface area contributed by atoms with Crippen LogP contribution in [0.3, 0.4) is 0 Å². The second-order valence-electron chi connectivity index (χ2n) is 5.80. The van der Waals surface area contributed by atoms with E-state index in [1.165, 1.54) is 30.4 Å². The zero-order chi connectivity index (χ0) is 15.9. The van der Waals surface area contributed by atoms with Crippen molar-refractivity contribution in [3.8, 4) is 0 Å². The lowest BCUT2D eigenvalue weighted by atomic mass is 9.95. The Labute approximate surface area is 130 Å². The second kappa shape index (κ2) is 7.92. The minimum Gasteiger partial charge on any atom is -0.353 e. The number of nitrogens with zero attached hydrogens (tertiary/aromatic N) is 1. The minimum absolute atomic E-state index is 0.0467. The fraction of sp³-hybridized carbons (Fsp3) is 0.529. The van der Waals surface area contributed by atoms with Gasteiger partial charge in [-0.1, -0.05) is 25.3 Å². The van der Waals surface area contributed by atoms with E-state index < -0.39 is 5.82 Å². The van der Waals surface area contributed by atoms with Gasteiger partial charge in [0.05, 0.1) is 0 Å². The van der Waals surface area contributed by atoms with Crippen molar-refractivity contribution in [1.29, 1.82) is 0 Å². The molecule has 0 aliphatic heterocycles. The molecule has 1 aliphatic carbocycles. The van der Waals surface area contributed by atoms with Crippen molar-refractivity contribution in [3.05, 3.63) is 30.1 Å². The minimum atomic E-state index is -0.393. The molecule has 1 aromatic carbocycles. The monoisotopic (exact) mass is 306 g/mol. The Morgan fingerprint density at radius 3 is 2.64 bits per heavy atom. The summed E-state index contributed by atoms with van der Waals surface area (Å²) in [6.45, 7) is 1.68. The maximum absolute atomic E-state index is 13.3. The summed E-state index contributed by atoms with van der Waals surface area (Å²) in [5.41, 5.74) is 0.484. The van der Waals surface area contributed by atoms with Crippen molar-refractivity contribution >= 4 is 17.5 Å². The van der Waals surface area contributed by atoms with Crippen LogP contribution in [0.2, 0.25) is 0 Å². The molecule has 1 fully saturated rings. The Hall–Kier alpha value is -1.91. The predicted molar refractivity (Wildman–Crippen MR) is 84.1 cm³/mol. The lowest BCUT2D eigenvalue weighted by Gasteiger charge is -2.24. The maximum Gasteiger partial charge on any atom is 0.223 e. The molecule has 22 heavy (non-hydrogen) atoms. The molecular formula is C17H23FN2O2. The quantitative estimate of drug-likeness (QED) is 0.909. The van der Waals surface area contributed by atoms with Crippen molar-refractivity contribution in [3.63, 3.8) is 0 Å². The Morgan fingerprint density at radius 2 is 2.00 bits per heavy atom. The van der Waals surface area contributed by atoms with E-state index in [1.54, 1.807) is 12.1 Å². The maximum atomic E-state index is 13.3. The van der Waals surface area contributed by atoms with E-state index in [0.717, 1.165) is 25.7 Å². The first-order chi connectivity index (χ1) is 10.6. The van der Waals surface area contributed by atoms with Crippen LogP contribution in [0, 0.1) is 5.82 Å². The number of halogens is 1. The van der Waals surface area contributed by atoms with E-state index in [4.69, 9.17) is 0 Å². The molecule has 0 spiro atoms. The van der Waals surface area contributed by atoms with Crippen molar-refractivity contribution in [2.75, 3.05) is 11.4 Å². The van der Waals surface area contributed by atoms with E-state index in [0.29, 0.717) is 5.69 Å². The Morgan fingerprint density at radius 1 is 1.27 bits per heavy atom. The molecule has 4 nitrogen and oxygen atoms in total. The molecule has 1 saturated carbocycles. The third kappa shape index (κ3) is 4.83. The second-order valence-corrected chi connectivity index (χ2v) is 5.80. The topological polar surface area (TPSA) is 49.4 Å². The van der Waals surface area contributed by atoms with Gasteiger partial charge < -0.3 is 10.2 Å². The van der Waals surface area contributed by atoms with Crippen molar-refractivity contribution in [1.82, 2.24) is 5.32 Å².